The fourth-order valence-electron chi connectivity index (χ4n) is 3.25. The quantitative estimate of drug-likeness (QED) is 0.476. The van der Waals surface area contributed by atoms with Crippen molar-refractivity contribution in [1.82, 2.24) is 4.90 Å². The van der Waals surface area contributed by atoms with Gasteiger partial charge in [-0.25, -0.2) is 0 Å². The van der Waals surface area contributed by atoms with Crippen LogP contribution in [0.4, 0.5) is 5.69 Å². The Balaban J connectivity index is 1.62. The number of rotatable bonds is 6. The Kier molecular flexibility index (Phi) is 5.95. The number of imide groups is 1. The highest BCUT2D eigenvalue weighted by Gasteiger charge is 2.39. The molecule has 2 aromatic carbocycles. The summed E-state index contributed by atoms with van der Waals surface area (Å²) in [7, 11) is 0. The van der Waals surface area contributed by atoms with Crippen LogP contribution in [0.5, 0.6) is 0 Å². The van der Waals surface area contributed by atoms with E-state index in [0.717, 1.165) is 16.0 Å². The molecule has 0 saturated heterocycles. The van der Waals surface area contributed by atoms with Crippen LogP contribution in [0.15, 0.2) is 65.7 Å². The summed E-state index contributed by atoms with van der Waals surface area (Å²) in [4.78, 5) is 28.4. The minimum absolute atomic E-state index is 0.276. The molecule has 3 aromatic rings. The van der Waals surface area contributed by atoms with Crippen LogP contribution in [0.1, 0.15) is 16.0 Å². The van der Waals surface area contributed by atoms with Crippen LogP contribution in [0.3, 0.4) is 0 Å². The Labute approximate surface area is 188 Å². The smallest absolute Gasteiger partial charge is 0.278 e. The first-order valence-corrected chi connectivity index (χ1v) is 11.0. The third-order valence-corrected chi connectivity index (χ3v) is 6.46. The summed E-state index contributed by atoms with van der Waals surface area (Å²) in [5.74, 6) is -0.633. The van der Waals surface area contributed by atoms with Gasteiger partial charge in [-0.05, 0) is 60.2 Å². The molecule has 2 heterocycles. The van der Waals surface area contributed by atoms with Crippen molar-refractivity contribution in [1.29, 1.82) is 0 Å². The Bertz CT molecular complexity index is 1140. The van der Waals surface area contributed by atoms with E-state index >= 15 is 0 Å². The highest BCUT2D eigenvalue weighted by atomic mass is 35.5. The summed E-state index contributed by atoms with van der Waals surface area (Å²) in [5, 5.41) is 6.26. The van der Waals surface area contributed by atoms with Gasteiger partial charge >= 0.3 is 0 Å². The van der Waals surface area contributed by atoms with Gasteiger partial charge in [-0.2, -0.15) is 0 Å². The Morgan fingerprint density at radius 1 is 1.00 bits per heavy atom. The highest BCUT2D eigenvalue weighted by molar-refractivity contribution is 7.11. The molecule has 4 rings (SSSR count). The summed E-state index contributed by atoms with van der Waals surface area (Å²) in [5.41, 5.74) is 3.27. The SMILES string of the molecule is Cc1ccc(NC2=C(c3cccs3)C(=O)N(CCc3ccc(Cl)cc3)C2=O)cc1Cl. The second kappa shape index (κ2) is 8.64. The molecule has 0 atom stereocenters. The van der Waals surface area contributed by atoms with E-state index < -0.39 is 0 Å². The molecule has 0 spiro atoms. The lowest BCUT2D eigenvalue weighted by atomic mass is 10.1. The number of carbonyl (C=O) groups excluding carboxylic acids is 2. The minimum atomic E-state index is -0.339. The molecule has 7 heteroatoms. The normalized spacial score (nSPS) is 14.0. The standard InChI is InChI=1S/C23H18Cl2N2O2S/c1-14-4-9-17(13-18(14)25)26-21-20(19-3-2-12-30-19)22(28)27(23(21)29)11-10-15-5-7-16(24)8-6-15/h2-9,12-13,26H,10-11H2,1H3. The number of carbonyl (C=O) groups is 2. The molecule has 0 radical (unpaired) electrons. The van der Waals surface area contributed by atoms with E-state index in [2.05, 4.69) is 5.32 Å². The van der Waals surface area contributed by atoms with Gasteiger partial charge in [0, 0.05) is 27.2 Å². The van der Waals surface area contributed by atoms with Crippen LogP contribution < -0.4 is 5.32 Å². The lowest BCUT2D eigenvalue weighted by molar-refractivity contribution is -0.136. The van der Waals surface area contributed by atoms with Crippen LogP contribution in [0, 0.1) is 6.92 Å². The van der Waals surface area contributed by atoms with Crippen LogP contribution in [0.25, 0.3) is 5.57 Å². The average Bonchev–Trinajstić information content (AvgIpc) is 3.32. The minimum Gasteiger partial charge on any atom is -0.350 e. The van der Waals surface area contributed by atoms with E-state index in [9.17, 15) is 9.59 Å². The number of aryl methyl sites for hydroxylation is 1. The second-order valence-electron chi connectivity index (χ2n) is 6.95. The number of hydrogen-bond acceptors (Lipinski definition) is 4. The van der Waals surface area contributed by atoms with E-state index in [1.54, 1.807) is 18.2 Å². The van der Waals surface area contributed by atoms with Crippen molar-refractivity contribution in [2.75, 3.05) is 11.9 Å². The third kappa shape index (κ3) is 4.15. The fraction of sp³-hybridized carbons (Fsp3) is 0.130. The predicted molar refractivity (Wildman–Crippen MR) is 123 cm³/mol. The van der Waals surface area contributed by atoms with Crippen LogP contribution in [0.2, 0.25) is 10.0 Å². The maximum Gasteiger partial charge on any atom is 0.278 e. The van der Waals surface area contributed by atoms with Crippen molar-refractivity contribution >= 4 is 57.6 Å². The molecule has 0 saturated carbocycles. The van der Waals surface area contributed by atoms with E-state index in [-0.39, 0.29) is 24.1 Å². The Morgan fingerprint density at radius 2 is 1.77 bits per heavy atom. The fourth-order valence-corrected chi connectivity index (χ4v) is 4.33. The third-order valence-electron chi connectivity index (χ3n) is 4.91. The predicted octanol–water partition coefficient (Wildman–Crippen LogP) is 5.80. The number of hydrogen-bond donors (Lipinski definition) is 1. The van der Waals surface area contributed by atoms with Gasteiger partial charge in [0.25, 0.3) is 11.8 Å². The maximum absolute atomic E-state index is 13.2. The molecular formula is C23H18Cl2N2O2S. The number of benzene rings is 2. The molecule has 1 aliphatic heterocycles. The number of halogens is 2. The molecule has 2 amide bonds. The second-order valence-corrected chi connectivity index (χ2v) is 8.75. The van der Waals surface area contributed by atoms with Crippen molar-refractivity contribution in [3.05, 3.63) is 91.7 Å². The molecular weight excluding hydrogens is 439 g/mol. The first-order chi connectivity index (χ1) is 14.4. The number of nitrogens with one attached hydrogen (secondary N) is 1. The zero-order valence-electron chi connectivity index (χ0n) is 16.1. The largest absolute Gasteiger partial charge is 0.350 e. The lowest BCUT2D eigenvalue weighted by Gasteiger charge is -2.15. The first-order valence-electron chi connectivity index (χ1n) is 9.36. The molecule has 1 N–H and O–H groups in total. The number of amides is 2. The van der Waals surface area contributed by atoms with E-state index in [4.69, 9.17) is 23.2 Å². The molecule has 4 nitrogen and oxygen atoms in total. The molecule has 0 fully saturated rings. The van der Waals surface area contributed by atoms with Gasteiger partial charge in [-0.1, -0.05) is 47.5 Å². The van der Waals surface area contributed by atoms with Gasteiger partial charge in [0.15, 0.2) is 0 Å². The summed E-state index contributed by atoms with van der Waals surface area (Å²) < 4.78 is 0. The summed E-state index contributed by atoms with van der Waals surface area (Å²) >= 11 is 13.6. The van der Waals surface area contributed by atoms with Crippen molar-refractivity contribution in [2.24, 2.45) is 0 Å². The van der Waals surface area contributed by atoms with Crippen LogP contribution in [-0.2, 0) is 16.0 Å². The molecule has 0 bridgehead atoms. The number of anilines is 1. The Morgan fingerprint density at radius 3 is 2.43 bits per heavy atom. The lowest BCUT2D eigenvalue weighted by Crippen LogP contribution is -2.34. The van der Waals surface area contributed by atoms with Crippen LogP contribution in [-0.4, -0.2) is 23.3 Å². The topological polar surface area (TPSA) is 49.4 Å². The van der Waals surface area contributed by atoms with Crippen molar-refractivity contribution < 1.29 is 9.59 Å². The summed E-state index contributed by atoms with van der Waals surface area (Å²) in [6.45, 7) is 2.19. The van der Waals surface area contributed by atoms with Crippen molar-refractivity contribution in [3.8, 4) is 0 Å². The molecule has 1 aliphatic rings. The van der Waals surface area contributed by atoms with Crippen molar-refractivity contribution in [2.45, 2.75) is 13.3 Å². The monoisotopic (exact) mass is 456 g/mol. The van der Waals surface area contributed by atoms with E-state index in [0.29, 0.717) is 27.7 Å². The zero-order chi connectivity index (χ0) is 21.3. The van der Waals surface area contributed by atoms with Gasteiger partial charge < -0.3 is 5.32 Å². The summed E-state index contributed by atoms with van der Waals surface area (Å²) in [6, 6.07) is 16.6. The zero-order valence-corrected chi connectivity index (χ0v) is 18.4. The molecule has 152 valence electrons. The van der Waals surface area contributed by atoms with Crippen LogP contribution >= 0.6 is 34.5 Å². The molecule has 0 unspecified atom stereocenters. The molecule has 30 heavy (non-hydrogen) atoms. The molecule has 1 aromatic heterocycles. The average molecular weight is 457 g/mol. The van der Waals surface area contributed by atoms with Gasteiger partial charge in [0.1, 0.15) is 5.70 Å². The highest BCUT2D eigenvalue weighted by Crippen LogP contribution is 2.33. The number of thiophene rings is 1. The van der Waals surface area contributed by atoms with Gasteiger partial charge in [0.05, 0.1) is 5.57 Å². The molecule has 0 aliphatic carbocycles. The van der Waals surface area contributed by atoms with Gasteiger partial charge in [-0.3, -0.25) is 14.5 Å². The van der Waals surface area contributed by atoms with Gasteiger partial charge in [-0.15, -0.1) is 11.3 Å². The Hall–Kier alpha value is -2.60. The summed E-state index contributed by atoms with van der Waals surface area (Å²) in [6.07, 6.45) is 0.552. The van der Waals surface area contributed by atoms with E-state index in [1.165, 1.54) is 16.2 Å². The first kappa shape index (κ1) is 20.7. The van der Waals surface area contributed by atoms with Gasteiger partial charge in [0.2, 0.25) is 0 Å². The number of nitrogens with zero attached hydrogens (tertiary/aromatic N) is 1. The van der Waals surface area contributed by atoms with Crippen molar-refractivity contribution in [3.63, 3.8) is 0 Å². The maximum atomic E-state index is 13.2. The van der Waals surface area contributed by atoms with E-state index in [1.807, 2.05) is 48.7 Å².